The van der Waals surface area contributed by atoms with Crippen molar-refractivity contribution < 1.29 is 18.3 Å². The van der Waals surface area contributed by atoms with E-state index in [1.807, 2.05) is 48.9 Å². The highest BCUT2D eigenvalue weighted by molar-refractivity contribution is 5.76. The molecule has 0 atom stereocenters. The summed E-state index contributed by atoms with van der Waals surface area (Å²) in [7, 11) is 0. The summed E-state index contributed by atoms with van der Waals surface area (Å²) >= 11 is 0. The van der Waals surface area contributed by atoms with Gasteiger partial charge in [-0.15, -0.1) is 0 Å². The van der Waals surface area contributed by atoms with Crippen molar-refractivity contribution in [2.75, 3.05) is 0 Å². The van der Waals surface area contributed by atoms with Crippen molar-refractivity contribution in [2.45, 2.75) is 39.8 Å². The van der Waals surface area contributed by atoms with Crippen molar-refractivity contribution in [2.24, 2.45) is 0 Å². The van der Waals surface area contributed by atoms with Crippen LogP contribution in [0.15, 0.2) is 54.6 Å². The lowest BCUT2D eigenvalue weighted by Crippen LogP contribution is -2.23. The van der Waals surface area contributed by atoms with E-state index in [9.17, 15) is 13.6 Å². The van der Waals surface area contributed by atoms with Crippen LogP contribution in [0.1, 0.15) is 28.9 Å². The first-order chi connectivity index (χ1) is 13.9. The molecule has 0 aliphatic rings. The molecule has 0 bridgehead atoms. The van der Waals surface area contributed by atoms with Crippen molar-refractivity contribution in [3.63, 3.8) is 0 Å². The van der Waals surface area contributed by atoms with Crippen LogP contribution >= 0.6 is 0 Å². The summed E-state index contributed by atoms with van der Waals surface area (Å²) in [5.74, 6) is 0.0145. The van der Waals surface area contributed by atoms with Crippen LogP contribution in [-0.2, 0) is 17.8 Å². The number of para-hydroxylation sites is 1. The Kier molecular flexibility index (Phi) is 6.59. The molecule has 3 aromatic rings. The predicted octanol–water partition coefficient (Wildman–Crippen LogP) is 4.34. The zero-order valence-electron chi connectivity index (χ0n) is 16.4. The largest absolute Gasteiger partial charge is 0.435 e. The van der Waals surface area contributed by atoms with Crippen LogP contribution in [0.4, 0.5) is 8.78 Å². The first-order valence-electron chi connectivity index (χ1n) is 9.35. The molecule has 0 aliphatic heterocycles. The standard InChI is InChI=1S/C22H23F2N3O2/c1-15-20(16(2)27(26-15)18-6-4-3-5-7-18)12-13-21(28)25-14-17-8-10-19(11-9-17)29-22(23)24/h3-11,22H,12-14H2,1-2H3,(H,25,28). The molecule has 0 aliphatic carbocycles. The van der Waals surface area contributed by atoms with Crippen LogP contribution in [0.3, 0.4) is 0 Å². The second-order valence-electron chi connectivity index (χ2n) is 6.70. The molecular weight excluding hydrogens is 376 g/mol. The molecule has 29 heavy (non-hydrogen) atoms. The number of amides is 1. The fourth-order valence-electron chi connectivity index (χ4n) is 3.17. The van der Waals surface area contributed by atoms with Gasteiger partial charge in [-0.3, -0.25) is 4.79 Å². The molecular formula is C22H23F2N3O2. The molecule has 1 heterocycles. The number of ether oxygens (including phenoxy) is 1. The molecule has 1 N–H and O–H groups in total. The predicted molar refractivity (Wildman–Crippen MR) is 106 cm³/mol. The maximum absolute atomic E-state index is 12.2. The summed E-state index contributed by atoms with van der Waals surface area (Å²) in [6, 6.07) is 16.1. The Morgan fingerprint density at radius 3 is 2.45 bits per heavy atom. The molecule has 0 saturated heterocycles. The van der Waals surface area contributed by atoms with E-state index in [1.54, 1.807) is 12.1 Å². The summed E-state index contributed by atoms with van der Waals surface area (Å²) in [5, 5.41) is 7.45. The van der Waals surface area contributed by atoms with Crippen molar-refractivity contribution in [3.8, 4) is 11.4 Å². The van der Waals surface area contributed by atoms with E-state index in [-0.39, 0.29) is 11.7 Å². The van der Waals surface area contributed by atoms with Gasteiger partial charge in [0.2, 0.25) is 5.91 Å². The van der Waals surface area contributed by atoms with Gasteiger partial charge in [0.1, 0.15) is 5.75 Å². The maximum Gasteiger partial charge on any atom is 0.387 e. The first-order valence-corrected chi connectivity index (χ1v) is 9.35. The molecule has 3 rings (SSSR count). The number of hydrogen-bond acceptors (Lipinski definition) is 3. The van der Waals surface area contributed by atoms with E-state index in [0.29, 0.717) is 19.4 Å². The second-order valence-corrected chi connectivity index (χ2v) is 6.70. The molecule has 0 radical (unpaired) electrons. The van der Waals surface area contributed by atoms with Gasteiger partial charge in [-0.2, -0.15) is 13.9 Å². The second kappa shape index (κ2) is 9.32. The molecule has 7 heteroatoms. The molecule has 5 nitrogen and oxygen atoms in total. The Hall–Kier alpha value is -3.22. The SMILES string of the molecule is Cc1nn(-c2ccccc2)c(C)c1CCC(=O)NCc1ccc(OC(F)F)cc1. The number of hydrogen-bond donors (Lipinski definition) is 1. The monoisotopic (exact) mass is 399 g/mol. The van der Waals surface area contributed by atoms with Gasteiger partial charge in [0.15, 0.2) is 0 Å². The fraction of sp³-hybridized carbons (Fsp3) is 0.273. The molecule has 0 saturated carbocycles. The number of alkyl halides is 2. The Morgan fingerprint density at radius 2 is 1.79 bits per heavy atom. The molecule has 0 unspecified atom stereocenters. The summed E-state index contributed by atoms with van der Waals surface area (Å²) in [6.07, 6.45) is 0.937. The number of halogens is 2. The van der Waals surface area contributed by atoms with Gasteiger partial charge in [-0.25, -0.2) is 4.68 Å². The normalized spacial score (nSPS) is 10.9. The van der Waals surface area contributed by atoms with Crippen molar-refractivity contribution in [1.82, 2.24) is 15.1 Å². The molecule has 2 aromatic carbocycles. The van der Waals surface area contributed by atoms with Gasteiger partial charge in [-0.1, -0.05) is 30.3 Å². The summed E-state index contributed by atoms with van der Waals surface area (Å²) in [4.78, 5) is 12.2. The van der Waals surface area contributed by atoms with Crippen molar-refractivity contribution in [1.29, 1.82) is 0 Å². The number of aromatic nitrogens is 2. The smallest absolute Gasteiger partial charge is 0.387 e. The van der Waals surface area contributed by atoms with Gasteiger partial charge >= 0.3 is 6.61 Å². The molecule has 152 valence electrons. The quantitative estimate of drug-likeness (QED) is 0.613. The number of nitrogens with one attached hydrogen (secondary N) is 1. The average Bonchev–Trinajstić information content (AvgIpc) is 2.99. The minimum absolute atomic E-state index is 0.0795. The topological polar surface area (TPSA) is 56.2 Å². The van der Waals surface area contributed by atoms with Crippen molar-refractivity contribution in [3.05, 3.63) is 77.1 Å². The maximum atomic E-state index is 12.2. The first kappa shape index (κ1) is 20.5. The lowest BCUT2D eigenvalue weighted by molar-refractivity contribution is -0.121. The number of nitrogens with zero attached hydrogens (tertiary/aromatic N) is 2. The molecule has 0 fully saturated rings. The molecule has 0 spiro atoms. The third kappa shape index (κ3) is 5.40. The Bertz CT molecular complexity index is 954. The van der Waals surface area contributed by atoms with E-state index >= 15 is 0 Å². The summed E-state index contributed by atoms with van der Waals surface area (Å²) in [6.45, 7) is 1.43. The van der Waals surface area contributed by atoms with Crippen LogP contribution in [0.5, 0.6) is 5.75 Å². The van der Waals surface area contributed by atoms with E-state index in [0.717, 1.165) is 28.2 Å². The lowest BCUT2D eigenvalue weighted by atomic mass is 10.1. The summed E-state index contributed by atoms with van der Waals surface area (Å²) < 4.78 is 30.5. The zero-order valence-corrected chi connectivity index (χ0v) is 16.4. The van der Waals surface area contributed by atoms with E-state index in [2.05, 4.69) is 15.2 Å². The number of carbonyl (C=O) groups excluding carboxylic acids is 1. The highest BCUT2D eigenvalue weighted by Crippen LogP contribution is 2.19. The van der Waals surface area contributed by atoms with Crippen LogP contribution < -0.4 is 10.1 Å². The van der Waals surface area contributed by atoms with Gasteiger partial charge < -0.3 is 10.1 Å². The lowest BCUT2D eigenvalue weighted by Gasteiger charge is -2.08. The third-order valence-corrected chi connectivity index (χ3v) is 4.68. The van der Waals surface area contributed by atoms with Gasteiger partial charge in [0, 0.05) is 18.7 Å². The number of aryl methyl sites for hydroxylation is 1. The highest BCUT2D eigenvalue weighted by Gasteiger charge is 2.14. The minimum Gasteiger partial charge on any atom is -0.435 e. The highest BCUT2D eigenvalue weighted by atomic mass is 19.3. The van der Waals surface area contributed by atoms with Crippen LogP contribution in [0.25, 0.3) is 5.69 Å². The van der Waals surface area contributed by atoms with Gasteiger partial charge in [0.05, 0.1) is 11.4 Å². The van der Waals surface area contributed by atoms with E-state index < -0.39 is 6.61 Å². The molecule has 1 amide bonds. The third-order valence-electron chi connectivity index (χ3n) is 4.68. The van der Waals surface area contributed by atoms with Crippen LogP contribution in [0.2, 0.25) is 0 Å². The van der Waals surface area contributed by atoms with Gasteiger partial charge in [0.25, 0.3) is 0 Å². The Morgan fingerprint density at radius 1 is 1.10 bits per heavy atom. The number of carbonyl (C=O) groups is 1. The Labute approximate surface area is 168 Å². The van der Waals surface area contributed by atoms with Crippen LogP contribution in [-0.4, -0.2) is 22.3 Å². The Balaban J connectivity index is 1.54. The van der Waals surface area contributed by atoms with Gasteiger partial charge in [-0.05, 0) is 55.7 Å². The fourth-order valence-corrected chi connectivity index (χ4v) is 3.17. The van der Waals surface area contributed by atoms with Crippen LogP contribution in [0, 0.1) is 13.8 Å². The zero-order chi connectivity index (χ0) is 20.8. The number of rotatable bonds is 8. The van der Waals surface area contributed by atoms with Crippen molar-refractivity contribution >= 4 is 5.91 Å². The average molecular weight is 399 g/mol. The van der Waals surface area contributed by atoms with E-state index in [1.165, 1.54) is 12.1 Å². The molecule has 1 aromatic heterocycles. The minimum atomic E-state index is -2.85. The van der Waals surface area contributed by atoms with E-state index in [4.69, 9.17) is 0 Å². The number of benzene rings is 2. The summed E-state index contributed by atoms with van der Waals surface area (Å²) in [5.41, 5.74) is 4.80.